The first-order valence-electron chi connectivity index (χ1n) is 9.57. The summed E-state index contributed by atoms with van der Waals surface area (Å²) in [5.74, 6) is -0.437. The third kappa shape index (κ3) is 4.66. The number of hydrogen-bond donors (Lipinski definition) is 4. The Morgan fingerprint density at radius 1 is 0.967 bits per heavy atom. The van der Waals surface area contributed by atoms with Crippen LogP contribution in [0, 0.1) is 0 Å². The van der Waals surface area contributed by atoms with Crippen LogP contribution >= 0.6 is 0 Å². The third-order valence-electron chi connectivity index (χ3n) is 5.06. The predicted octanol–water partition coefficient (Wildman–Crippen LogP) is 2.99. The van der Waals surface area contributed by atoms with E-state index in [-0.39, 0.29) is 6.04 Å². The molecule has 0 aliphatic carbocycles. The van der Waals surface area contributed by atoms with E-state index >= 15 is 0 Å². The Hall–Kier alpha value is -2.84. The molecule has 0 aromatic heterocycles. The number of nitrogens with two attached hydrogens (primary N) is 1. The van der Waals surface area contributed by atoms with Crippen LogP contribution in [0.15, 0.2) is 84.9 Å². The zero-order valence-corrected chi connectivity index (χ0v) is 17.4. The summed E-state index contributed by atoms with van der Waals surface area (Å²) in [5.41, 5.74) is 7.04. The zero-order valence-electron chi connectivity index (χ0n) is 16.6. The topological polar surface area (TPSA) is 104 Å². The van der Waals surface area contributed by atoms with Gasteiger partial charge >= 0.3 is 0 Å². The van der Waals surface area contributed by atoms with Crippen molar-refractivity contribution in [3.8, 4) is 0 Å². The van der Waals surface area contributed by atoms with Gasteiger partial charge in [-0.2, -0.15) is 4.72 Å². The first-order chi connectivity index (χ1) is 14.5. The maximum absolute atomic E-state index is 13.7. The normalized spacial score (nSPS) is 15.0. The smallest absolute Gasteiger partial charge is 0.251 e. The molecule has 156 valence electrons. The summed E-state index contributed by atoms with van der Waals surface area (Å²) in [6, 6.07) is 25.3. The Kier molecular flexibility index (Phi) is 7.12. The third-order valence-corrected chi connectivity index (χ3v) is 5.54. The Morgan fingerprint density at radius 3 is 2.03 bits per heavy atom. The van der Waals surface area contributed by atoms with Crippen LogP contribution in [0.4, 0.5) is 0 Å². The molecular weight excluding hydrogens is 398 g/mol. The number of amides is 1. The van der Waals surface area contributed by atoms with Crippen LogP contribution in [0.25, 0.3) is 0 Å². The van der Waals surface area contributed by atoms with Crippen LogP contribution in [-0.4, -0.2) is 14.7 Å². The maximum atomic E-state index is 13.7. The van der Waals surface area contributed by atoms with Gasteiger partial charge in [0.2, 0.25) is 11.3 Å². The summed E-state index contributed by atoms with van der Waals surface area (Å²) in [4.78, 5) is 13.7. The van der Waals surface area contributed by atoms with E-state index in [4.69, 9.17) is 5.73 Å². The van der Waals surface area contributed by atoms with Gasteiger partial charge < -0.3 is 11.1 Å². The number of rotatable bonds is 8. The molecule has 0 spiro atoms. The lowest BCUT2D eigenvalue weighted by atomic mass is 9.82. The molecule has 0 aliphatic rings. The lowest BCUT2D eigenvalue weighted by Gasteiger charge is -2.34. The molecule has 0 fully saturated rings. The van der Waals surface area contributed by atoms with Gasteiger partial charge in [0.1, 0.15) is 0 Å². The van der Waals surface area contributed by atoms with Crippen LogP contribution in [0.2, 0.25) is 0 Å². The van der Waals surface area contributed by atoms with Gasteiger partial charge in [-0.25, -0.2) is 4.21 Å². The number of carbonyl (C=O) groups excluding carboxylic acids is 1. The highest BCUT2D eigenvalue weighted by atomic mass is 32.2. The van der Waals surface area contributed by atoms with Crippen molar-refractivity contribution in [3.63, 3.8) is 0 Å². The molecular formula is C23H25N3O3S. The minimum Gasteiger partial charge on any atom is -0.347 e. The summed E-state index contributed by atoms with van der Waals surface area (Å²) < 4.78 is 24.3. The van der Waals surface area contributed by atoms with Crippen molar-refractivity contribution in [1.29, 1.82) is 0 Å². The molecule has 0 bridgehead atoms. The summed E-state index contributed by atoms with van der Waals surface area (Å²) >= 11 is -2.46. The van der Waals surface area contributed by atoms with Crippen LogP contribution in [-0.2, 0) is 28.1 Å². The lowest BCUT2D eigenvalue weighted by molar-refractivity contribution is -0.126. The van der Waals surface area contributed by atoms with Gasteiger partial charge in [-0.15, -0.1) is 0 Å². The van der Waals surface area contributed by atoms with E-state index in [9.17, 15) is 13.6 Å². The molecule has 3 atom stereocenters. The molecule has 0 saturated heterocycles. The summed E-state index contributed by atoms with van der Waals surface area (Å²) in [5, 5.41) is 3.00. The SMILES string of the molecule is CC(NC(=O)C(NS(=O)O)(c1ccccc1)c1ccc(CN)cc1)c1ccccc1. The van der Waals surface area contributed by atoms with Crippen molar-refractivity contribution in [2.45, 2.75) is 25.0 Å². The highest BCUT2D eigenvalue weighted by Gasteiger charge is 2.44. The van der Waals surface area contributed by atoms with Gasteiger partial charge in [-0.1, -0.05) is 84.9 Å². The second-order valence-electron chi connectivity index (χ2n) is 6.97. The molecule has 7 heteroatoms. The van der Waals surface area contributed by atoms with E-state index in [1.54, 1.807) is 36.4 Å². The van der Waals surface area contributed by atoms with Crippen molar-refractivity contribution in [1.82, 2.24) is 10.0 Å². The molecule has 0 aliphatic heterocycles. The summed E-state index contributed by atoms with van der Waals surface area (Å²) in [7, 11) is 0. The number of benzene rings is 3. The monoisotopic (exact) mass is 423 g/mol. The van der Waals surface area contributed by atoms with Crippen molar-refractivity contribution in [3.05, 3.63) is 107 Å². The predicted molar refractivity (Wildman–Crippen MR) is 118 cm³/mol. The summed E-state index contributed by atoms with van der Waals surface area (Å²) in [6.07, 6.45) is 0. The average Bonchev–Trinajstić information content (AvgIpc) is 2.78. The highest BCUT2D eigenvalue weighted by molar-refractivity contribution is 7.77. The Balaban J connectivity index is 2.11. The first kappa shape index (κ1) is 21.9. The van der Waals surface area contributed by atoms with Crippen LogP contribution in [0.3, 0.4) is 0 Å². The van der Waals surface area contributed by atoms with Gasteiger partial charge in [-0.05, 0) is 29.2 Å². The van der Waals surface area contributed by atoms with Crippen molar-refractivity contribution in [2.24, 2.45) is 5.73 Å². The molecule has 0 radical (unpaired) electrons. The molecule has 3 unspecified atom stereocenters. The largest absolute Gasteiger partial charge is 0.347 e. The van der Waals surface area contributed by atoms with Crippen LogP contribution in [0.5, 0.6) is 0 Å². The molecule has 30 heavy (non-hydrogen) atoms. The fraction of sp³-hybridized carbons (Fsp3) is 0.174. The fourth-order valence-electron chi connectivity index (χ4n) is 3.43. The molecule has 3 rings (SSSR count). The van der Waals surface area contributed by atoms with E-state index in [0.717, 1.165) is 11.1 Å². The highest BCUT2D eigenvalue weighted by Crippen LogP contribution is 2.32. The minimum absolute atomic E-state index is 0.306. The summed E-state index contributed by atoms with van der Waals surface area (Å²) in [6.45, 7) is 2.23. The fourth-order valence-corrected chi connectivity index (χ4v) is 4.02. The van der Waals surface area contributed by atoms with E-state index < -0.39 is 22.7 Å². The van der Waals surface area contributed by atoms with Crippen LogP contribution in [0.1, 0.15) is 35.2 Å². The van der Waals surface area contributed by atoms with Crippen molar-refractivity contribution >= 4 is 17.2 Å². The number of nitrogens with one attached hydrogen (secondary N) is 2. The second-order valence-corrected chi connectivity index (χ2v) is 7.68. The van der Waals surface area contributed by atoms with Gasteiger partial charge in [-0.3, -0.25) is 9.35 Å². The van der Waals surface area contributed by atoms with Gasteiger partial charge in [0, 0.05) is 6.54 Å². The maximum Gasteiger partial charge on any atom is 0.251 e. The zero-order chi connectivity index (χ0) is 21.6. The van der Waals surface area contributed by atoms with Gasteiger partial charge in [0.25, 0.3) is 5.91 Å². The molecule has 5 N–H and O–H groups in total. The second kappa shape index (κ2) is 9.77. The lowest BCUT2D eigenvalue weighted by Crippen LogP contribution is -2.56. The quantitative estimate of drug-likeness (QED) is 0.418. The van der Waals surface area contributed by atoms with Gasteiger partial charge in [0.05, 0.1) is 6.04 Å². The first-order valence-corrected chi connectivity index (χ1v) is 10.7. The Bertz CT molecular complexity index is 997. The van der Waals surface area contributed by atoms with E-state index in [0.29, 0.717) is 17.7 Å². The average molecular weight is 424 g/mol. The van der Waals surface area contributed by atoms with Gasteiger partial charge in [0.15, 0.2) is 5.54 Å². The molecule has 0 saturated carbocycles. The molecule has 3 aromatic carbocycles. The molecule has 1 amide bonds. The standard InChI is InChI=1S/C23H25N3O3S/c1-17(19-8-4-2-5-9-19)25-22(27)23(26-30(28)29,20-10-6-3-7-11-20)21-14-12-18(16-24)13-15-21/h2-15,17,26H,16,24H2,1H3,(H,25,27)(H,28,29). The van der Waals surface area contributed by atoms with Crippen molar-refractivity contribution < 1.29 is 13.6 Å². The van der Waals surface area contributed by atoms with E-state index in [1.165, 1.54) is 0 Å². The Morgan fingerprint density at radius 2 is 1.50 bits per heavy atom. The Labute approximate surface area is 178 Å². The molecule has 0 heterocycles. The molecule has 3 aromatic rings. The number of hydrogen-bond acceptors (Lipinski definition) is 3. The number of carbonyl (C=O) groups is 1. The van der Waals surface area contributed by atoms with E-state index in [1.807, 2.05) is 55.5 Å². The van der Waals surface area contributed by atoms with Crippen molar-refractivity contribution in [2.75, 3.05) is 0 Å². The molecule has 6 nitrogen and oxygen atoms in total. The van der Waals surface area contributed by atoms with E-state index in [2.05, 4.69) is 10.0 Å². The van der Waals surface area contributed by atoms with Crippen LogP contribution < -0.4 is 15.8 Å². The minimum atomic E-state index is -2.46.